The first kappa shape index (κ1) is 14.2. The topological polar surface area (TPSA) is 16.1 Å². The van der Waals surface area contributed by atoms with Crippen LogP contribution < -0.4 is 0 Å². The molecule has 0 bridgehead atoms. The van der Waals surface area contributed by atoms with Gasteiger partial charge in [-0.15, -0.1) is 0 Å². The summed E-state index contributed by atoms with van der Waals surface area (Å²) in [4.78, 5) is 7.00. The van der Waals surface area contributed by atoms with Gasteiger partial charge in [0.1, 0.15) is 0 Å². The van der Waals surface area contributed by atoms with E-state index in [0.717, 1.165) is 13.0 Å². The molecule has 17 heavy (non-hydrogen) atoms. The molecule has 1 aliphatic rings. The molecule has 1 aromatic rings. The molecule has 1 aromatic heterocycles. The van der Waals surface area contributed by atoms with E-state index in [4.69, 9.17) is 0 Å². The van der Waals surface area contributed by atoms with Crippen LogP contribution in [0, 0.1) is 0 Å². The quantitative estimate of drug-likeness (QED) is 0.738. The SMILES string of the molecule is CC.CC(C)c1cnc2c(c1)CN(C)C(C)C2. The van der Waals surface area contributed by atoms with Crippen molar-refractivity contribution in [1.29, 1.82) is 0 Å². The third-order valence-electron chi connectivity index (χ3n) is 3.41. The Morgan fingerprint density at radius 3 is 2.59 bits per heavy atom. The lowest BCUT2D eigenvalue weighted by molar-refractivity contribution is 0.228. The van der Waals surface area contributed by atoms with Crippen LogP contribution in [0.25, 0.3) is 0 Å². The third-order valence-corrected chi connectivity index (χ3v) is 3.41. The average Bonchev–Trinajstić information content (AvgIpc) is 2.32. The molecule has 2 nitrogen and oxygen atoms in total. The molecule has 0 aromatic carbocycles. The molecule has 0 saturated carbocycles. The zero-order valence-corrected chi connectivity index (χ0v) is 12.1. The second-order valence-electron chi connectivity index (χ2n) is 5.00. The molecule has 1 aliphatic heterocycles. The maximum Gasteiger partial charge on any atom is 0.0464 e. The maximum absolute atomic E-state index is 4.60. The van der Waals surface area contributed by atoms with Gasteiger partial charge >= 0.3 is 0 Å². The molecule has 0 aliphatic carbocycles. The van der Waals surface area contributed by atoms with E-state index in [2.05, 4.69) is 43.8 Å². The van der Waals surface area contributed by atoms with E-state index in [-0.39, 0.29) is 0 Å². The molecule has 0 N–H and O–H groups in total. The lowest BCUT2D eigenvalue weighted by Crippen LogP contribution is -2.35. The first-order valence-corrected chi connectivity index (χ1v) is 6.76. The summed E-state index contributed by atoms with van der Waals surface area (Å²) >= 11 is 0. The van der Waals surface area contributed by atoms with E-state index in [1.54, 1.807) is 0 Å². The highest BCUT2D eigenvalue weighted by Crippen LogP contribution is 2.23. The van der Waals surface area contributed by atoms with Crippen LogP contribution in [0.5, 0.6) is 0 Å². The Bertz CT molecular complexity index is 358. The number of aromatic nitrogens is 1. The summed E-state index contributed by atoms with van der Waals surface area (Å²) in [5, 5.41) is 0. The fraction of sp³-hybridized carbons (Fsp3) is 0.667. The van der Waals surface area contributed by atoms with Gasteiger partial charge in [-0.25, -0.2) is 0 Å². The summed E-state index contributed by atoms with van der Waals surface area (Å²) in [5.74, 6) is 0.576. The van der Waals surface area contributed by atoms with Crippen LogP contribution in [0.15, 0.2) is 12.3 Å². The van der Waals surface area contributed by atoms with Crippen LogP contribution in [-0.4, -0.2) is 23.0 Å². The van der Waals surface area contributed by atoms with Gasteiger partial charge in [0.25, 0.3) is 0 Å². The van der Waals surface area contributed by atoms with E-state index in [0.29, 0.717) is 12.0 Å². The minimum Gasteiger partial charge on any atom is -0.299 e. The Labute approximate surface area is 106 Å². The number of likely N-dealkylation sites (N-methyl/N-ethyl adjacent to an activating group) is 1. The highest BCUT2D eigenvalue weighted by atomic mass is 15.1. The molecule has 2 rings (SSSR count). The minimum absolute atomic E-state index is 0.576. The molecule has 2 heteroatoms. The lowest BCUT2D eigenvalue weighted by Gasteiger charge is -2.31. The van der Waals surface area contributed by atoms with Crippen molar-refractivity contribution >= 4 is 0 Å². The van der Waals surface area contributed by atoms with Gasteiger partial charge in [0.05, 0.1) is 0 Å². The zero-order valence-electron chi connectivity index (χ0n) is 12.1. The van der Waals surface area contributed by atoms with Crippen LogP contribution in [-0.2, 0) is 13.0 Å². The van der Waals surface area contributed by atoms with E-state index in [1.165, 1.54) is 16.8 Å². The second-order valence-corrected chi connectivity index (χ2v) is 5.00. The van der Waals surface area contributed by atoms with Crippen LogP contribution in [0.2, 0.25) is 0 Å². The molecule has 0 saturated heterocycles. The molecule has 0 amide bonds. The Morgan fingerprint density at radius 2 is 2.00 bits per heavy atom. The van der Waals surface area contributed by atoms with Crippen molar-refractivity contribution in [2.45, 2.75) is 59.5 Å². The van der Waals surface area contributed by atoms with Crippen molar-refractivity contribution in [3.8, 4) is 0 Å². The van der Waals surface area contributed by atoms with Crippen LogP contribution in [0.3, 0.4) is 0 Å². The van der Waals surface area contributed by atoms with Gasteiger partial charge in [-0.05, 0) is 31.0 Å². The Morgan fingerprint density at radius 1 is 1.35 bits per heavy atom. The Balaban J connectivity index is 0.000000686. The fourth-order valence-corrected chi connectivity index (χ4v) is 2.05. The van der Waals surface area contributed by atoms with Crippen molar-refractivity contribution in [3.05, 3.63) is 29.1 Å². The molecular formula is C15H26N2. The molecular weight excluding hydrogens is 208 g/mol. The van der Waals surface area contributed by atoms with Gasteiger partial charge in [-0.3, -0.25) is 9.88 Å². The lowest BCUT2D eigenvalue weighted by atomic mass is 9.96. The van der Waals surface area contributed by atoms with Crippen molar-refractivity contribution in [2.24, 2.45) is 0 Å². The monoisotopic (exact) mass is 234 g/mol. The van der Waals surface area contributed by atoms with Gasteiger partial charge in [0.2, 0.25) is 0 Å². The molecule has 96 valence electrons. The summed E-state index contributed by atoms with van der Waals surface area (Å²) in [7, 11) is 2.19. The smallest absolute Gasteiger partial charge is 0.0464 e. The standard InChI is InChI=1S/C13H20N2.C2H6/c1-9(2)11-6-12-8-15(4)10(3)5-13(12)14-7-11;1-2/h6-7,9-10H,5,8H2,1-4H3;1-2H3. The molecule has 2 heterocycles. The molecule has 1 atom stereocenters. The fourth-order valence-electron chi connectivity index (χ4n) is 2.05. The minimum atomic E-state index is 0.576. The predicted molar refractivity (Wildman–Crippen MR) is 74.3 cm³/mol. The first-order valence-electron chi connectivity index (χ1n) is 6.76. The highest BCUT2D eigenvalue weighted by molar-refractivity contribution is 5.29. The molecule has 0 fully saturated rings. The molecule has 0 radical (unpaired) electrons. The summed E-state index contributed by atoms with van der Waals surface area (Å²) in [6.45, 7) is 11.8. The maximum atomic E-state index is 4.60. The van der Waals surface area contributed by atoms with Gasteiger partial charge in [0.15, 0.2) is 0 Å². The normalized spacial score (nSPS) is 19.6. The van der Waals surface area contributed by atoms with E-state index < -0.39 is 0 Å². The van der Waals surface area contributed by atoms with Crippen LogP contribution in [0.1, 0.15) is 57.4 Å². The number of hydrogen-bond acceptors (Lipinski definition) is 2. The van der Waals surface area contributed by atoms with Crippen molar-refractivity contribution in [3.63, 3.8) is 0 Å². The second kappa shape index (κ2) is 6.15. The van der Waals surface area contributed by atoms with E-state index >= 15 is 0 Å². The third kappa shape index (κ3) is 3.29. The van der Waals surface area contributed by atoms with Gasteiger partial charge in [0, 0.05) is 30.9 Å². The van der Waals surface area contributed by atoms with Crippen molar-refractivity contribution < 1.29 is 0 Å². The number of nitrogens with zero attached hydrogens (tertiary/aromatic N) is 2. The highest BCUT2D eigenvalue weighted by Gasteiger charge is 2.21. The van der Waals surface area contributed by atoms with Crippen LogP contribution in [0.4, 0.5) is 0 Å². The summed E-state index contributed by atoms with van der Waals surface area (Å²) < 4.78 is 0. The van der Waals surface area contributed by atoms with Crippen molar-refractivity contribution in [2.75, 3.05) is 7.05 Å². The van der Waals surface area contributed by atoms with E-state index in [9.17, 15) is 0 Å². The van der Waals surface area contributed by atoms with Gasteiger partial charge < -0.3 is 0 Å². The number of fused-ring (bicyclic) bond motifs is 1. The Kier molecular flexibility index (Phi) is 5.13. The van der Waals surface area contributed by atoms with E-state index in [1.807, 2.05) is 20.0 Å². The number of rotatable bonds is 1. The van der Waals surface area contributed by atoms with Gasteiger partial charge in [-0.1, -0.05) is 33.8 Å². The number of pyridine rings is 1. The summed E-state index contributed by atoms with van der Waals surface area (Å²) in [6.07, 6.45) is 3.13. The first-order chi connectivity index (χ1) is 8.08. The number of hydrogen-bond donors (Lipinski definition) is 0. The summed E-state index contributed by atoms with van der Waals surface area (Å²) in [6, 6.07) is 2.95. The predicted octanol–water partition coefficient (Wildman–Crippen LogP) is 3.61. The Hall–Kier alpha value is -0.890. The zero-order chi connectivity index (χ0) is 13.0. The average molecular weight is 234 g/mol. The largest absolute Gasteiger partial charge is 0.299 e. The van der Waals surface area contributed by atoms with Gasteiger partial charge in [-0.2, -0.15) is 0 Å². The molecule has 1 unspecified atom stereocenters. The van der Waals surface area contributed by atoms with Crippen LogP contribution >= 0.6 is 0 Å². The summed E-state index contributed by atoms with van der Waals surface area (Å²) in [5.41, 5.74) is 4.07. The molecule has 0 spiro atoms. The van der Waals surface area contributed by atoms with Crippen molar-refractivity contribution in [1.82, 2.24) is 9.88 Å².